The van der Waals surface area contributed by atoms with E-state index < -0.39 is 0 Å². The first-order chi connectivity index (χ1) is 6.74. The van der Waals surface area contributed by atoms with E-state index in [9.17, 15) is 4.79 Å². The van der Waals surface area contributed by atoms with Crippen LogP contribution in [0.25, 0.3) is 0 Å². The molecule has 82 valence electrons. The second-order valence-corrected chi connectivity index (χ2v) is 4.55. The summed E-state index contributed by atoms with van der Waals surface area (Å²) >= 11 is 1.78. The maximum Gasteiger partial charge on any atom is 0.250 e. The predicted molar refractivity (Wildman–Crippen MR) is 61.4 cm³/mol. The van der Waals surface area contributed by atoms with Crippen LogP contribution in [0.15, 0.2) is 0 Å². The van der Waals surface area contributed by atoms with Crippen LogP contribution >= 0.6 is 11.8 Å². The number of carbonyl (C=O) groups is 1. The summed E-state index contributed by atoms with van der Waals surface area (Å²) in [5.41, 5.74) is 0. The highest BCUT2D eigenvalue weighted by Crippen LogP contribution is 2.24. The molecule has 1 unspecified atom stereocenters. The molecule has 0 spiro atoms. The van der Waals surface area contributed by atoms with Gasteiger partial charge in [0.05, 0.1) is 0 Å². The van der Waals surface area contributed by atoms with Crippen LogP contribution in [0.4, 0.5) is 0 Å². The van der Waals surface area contributed by atoms with Crippen molar-refractivity contribution in [2.75, 3.05) is 31.9 Å². The lowest BCUT2D eigenvalue weighted by atomic mass is 10.4. The van der Waals surface area contributed by atoms with Crippen LogP contribution in [0.3, 0.4) is 0 Å². The highest BCUT2D eigenvalue weighted by molar-refractivity contribution is 8.00. The third-order valence-corrected chi connectivity index (χ3v) is 3.91. The van der Waals surface area contributed by atoms with Crippen molar-refractivity contribution in [2.45, 2.75) is 26.1 Å². The first-order valence-electron chi connectivity index (χ1n) is 5.39. The van der Waals surface area contributed by atoms with Crippen molar-refractivity contribution in [2.24, 2.45) is 0 Å². The Balaban J connectivity index is 2.58. The number of hydrogen-bond donors (Lipinski definition) is 0. The Bertz CT molecular complexity index is 195. The first kappa shape index (κ1) is 11.9. The molecule has 1 aliphatic heterocycles. The molecule has 1 heterocycles. The second-order valence-electron chi connectivity index (χ2n) is 3.36. The average Bonchev–Trinajstić information content (AvgIpc) is 2.67. The van der Waals surface area contributed by atoms with Gasteiger partial charge in [0.1, 0.15) is 5.37 Å². The number of rotatable bonds is 4. The smallest absolute Gasteiger partial charge is 0.250 e. The molecule has 0 aliphatic carbocycles. The molecule has 14 heavy (non-hydrogen) atoms. The number of carbonyl (C=O) groups excluding carboxylic acids is 1. The molecule has 1 aliphatic rings. The molecule has 0 N–H and O–H groups in total. The summed E-state index contributed by atoms with van der Waals surface area (Å²) in [5.74, 6) is 1.38. The van der Waals surface area contributed by atoms with Crippen molar-refractivity contribution >= 4 is 17.7 Å². The number of likely N-dealkylation sites (N-methyl/N-ethyl adjacent to an activating group) is 2. The molecular formula is C10H20N2OS. The topological polar surface area (TPSA) is 23.6 Å². The van der Waals surface area contributed by atoms with Crippen molar-refractivity contribution in [3.05, 3.63) is 0 Å². The maximum atomic E-state index is 12.0. The van der Waals surface area contributed by atoms with E-state index in [2.05, 4.69) is 11.8 Å². The SMILES string of the molecule is CCN(CC)C(=O)C1SCCN1CC. The summed E-state index contributed by atoms with van der Waals surface area (Å²) in [6.45, 7) is 9.88. The molecule has 4 heteroatoms. The Morgan fingerprint density at radius 2 is 2.07 bits per heavy atom. The van der Waals surface area contributed by atoms with Gasteiger partial charge in [0.2, 0.25) is 5.91 Å². The molecule has 0 aromatic heterocycles. The molecule has 1 fully saturated rings. The van der Waals surface area contributed by atoms with Crippen molar-refractivity contribution in [1.29, 1.82) is 0 Å². The fourth-order valence-corrected chi connectivity index (χ4v) is 3.07. The normalized spacial score (nSPS) is 22.6. The van der Waals surface area contributed by atoms with Crippen molar-refractivity contribution in [1.82, 2.24) is 9.80 Å². The van der Waals surface area contributed by atoms with E-state index in [0.717, 1.165) is 31.9 Å². The zero-order valence-corrected chi connectivity index (χ0v) is 10.1. The third-order valence-electron chi connectivity index (χ3n) is 2.68. The van der Waals surface area contributed by atoms with E-state index in [1.165, 1.54) is 0 Å². The minimum absolute atomic E-state index is 0.0832. The van der Waals surface area contributed by atoms with Gasteiger partial charge in [-0.15, -0.1) is 11.8 Å². The van der Waals surface area contributed by atoms with E-state index >= 15 is 0 Å². The number of nitrogens with zero attached hydrogens (tertiary/aromatic N) is 2. The Kier molecular flexibility index (Phi) is 4.75. The summed E-state index contributed by atoms with van der Waals surface area (Å²) in [6, 6.07) is 0. The van der Waals surface area contributed by atoms with Gasteiger partial charge in [-0.05, 0) is 20.4 Å². The summed E-state index contributed by atoms with van der Waals surface area (Å²) in [7, 11) is 0. The van der Waals surface area contributed by atoms with Gasteiger partial charge >= 0.3 is 0 Å². The summed E-state index contributed by atoms with van der Waals surface area (Å²) in [6.07, 6.45) is 0. The first-order valence-corrected chi connectivity index (χ1v) is 6.43. The number of amides is 1. The fourth-order valence-electron chi connectivity index (χ4n) is 1.75. The summed E-state index contributed by atoms with van der Waals surface area (Å²) in [4.78, 5) is 16.2. The largest absolute Gasteiger partial charge is 0.341 e. The van der Waals surface area contributed by atoms with Gasteiger partial charge in [-0.25, -0.2) is 0 Å². The highest BCUT2D eigenvalue weighted by Gasteiger charge is 2.32. The van der Waals surface area contributed by atoms with E-state index in [1.54, 1.807) is 11.8 Å². The molecule has 1 rings (SSSR count). The lowest BCUT2D eigenvalue weighted by molar-refractivity contribution is -0.133. The van der Waals surface area contributed by atoms with Crippen LogP contribution in [0.1, 0.15) is 20.8 Å². The Hall–Kier alpha value is -0.220. The van der Waals surface area contributed by atoms with Crippen LogP contribution < -0.4 is 0 Å². The molecule has 0 aromatic rings. The monoisotopic (exact) mass is 216 g/mol. The van der Waals surface area contributed by atoms with Gasteiger partial charge in [-0.1, -0.05) is 6.92 Å². The van der Waals surface area contributed by atoms with Crippen LogP contribution in [0.5, 0.6) is 0 Å². The average molecular weight is 216 g/mol. The molecule has 3 nitrogen and oxygen atoms in total. The minimum Gasteiger partial charge on any atom is -0.341 e. The predicted octanol–water partition coefficient (Wildman–Crippen LogP) is 1.25. The van der Waals surface area contributed by atoms with E-state index in [-0.39, 0.29) is 5.37 Å². The van der Waals surface area contributed by atoms with E-state index in [0.29, 0.717) is 5.91 Å². The van der Waals surface area contributed by atoms with Crippen molar-refractivity contribution in [3.8, 4) is 0 Å². The lowest BCUT2D eigenvalue weighted by Gasteiger charge is -2.27. The molecule has 1 saturated heterocycles. The molecule has 1 atom stereocenters. The van der Waals surface area contributed by atoms with Crippen LogP contribution in [-0.2, 0) is 4.79 Å². The minimum atomic E-state index is 0.0832. The number of thioether (sulfide) groups is 1. The standard InChI is InChI=1S/C10H20N2OS/c1-4-11(5-2)9(13)10-12(6-3)7-8-14-10/h10H,4-8H2,1-3H3. The molecule has 0 radical (unpaired) electrons. The molecule has 0 aromatic carbocycles. The van der Waals surface area contributed by atoms with Crippen LogP contribution in [-0.4, -0.2) is 53.0 Å². The van der Waals surface area contributed by atoms with Gasteiger partial charge in [0.25, 0.3) is 0 Å². The van der Waals surface area contributed by atoms with Crippen molar-refractivity contribution in [3.63, 3.8) is 0 Å². The van der Waals surface area contributed by atoms with Crippen LogP contribution in [0, 0.1) is 0 Å². The zero-order chi connectivity index (χ0) is 10.6. The second kappa shape index (κ2) is 5.61. The maximum absolute atomic E-state index is 12.0. The molecule has 1 amide bonds. The van der Waals surface area contributed by atoms with Gasteiger partial charge < -0.3 is 4.90 Å². The Morgan fingerprint density at radius 1 is 1.43 bits per heavy atom. The quantitative estimate of drug-likeness (QED) is 0.706. The van der Waals surface area contributed by atoms with Gasteiger partial charge in [-0.2, -0.15) is 0 Å². The Morgan fingerprint density at radius 3 is 2.57 bits per heavy atom. The molecule has 0 saturated carbocycles. The van der Waals surface area contributed by atoms with Gasteiger partial charge in [-0.3, -0.25) is 9.69 Å². The highest BCUT2D eigenvalue weighted by atomic mass is 32.2. The van der Waals surface area contributed by atoms with Crippen LogP contribution in [0.2, 0.25) is 0 Å². The summed E-state index contributed by atoms with van der Waals surface area (Å²) < 4.78 is 0. The van der Waals surface area contributed by atoms with Crippen molar-refractivity contribution < 1.29 is 4.79 Å². The fraction of sp³-hybridized carbons (Fsp3) is 0.900. The van der Waals surface area contributed by atoms with E-state index in [4.69, 9.17) is 0 Å². The van der Waals surface area contributed by atoms with Gasteiger partial charge in [0, 0.05) is 25.4 Å². The van der Waals surface area contributed by atoms with E-state index in [1.807, 2.05) is 18.7 Å². The summed E-state index contributed by atoms with van der Waals surface area (Å²) in [5, 5.41) is 0.0832. The lowest BCUT2D eigenvalue weighted by Crippen LogP contribution is -2.44. The Labute approximate surface area is 90.8 Å². The zero-order valence-electron chi connectivity index (χ0n) is 9.32. The third kappa shape index (κ3) is 2.42. The molecular weight excluding hydrogens is 196 g/mol. The molecule has 0 bridgehead atoms. The van der Waals surface area contributed by atoms with Gasteiger partial charge in [0.15, 0.2) is 0 Å². The number of hydrogen-bond acceptors (Lipinski definition) is 3.